The highest BCUT2D eigenvalue weighted by atomic mass is 79.9. The molecule has 1 fully saturated rings. The van der Waals surface area contributed by atoms with Gasteiger partial charge in [-0.15, -0.1) is 0 Å². The number of aryl methyl sites for hydroxylation is 1. The van der Waals surface area contributed by atoms with Crippen LogP contribution in [0.5, 0.6) is 0 Å². The van der Waals surface area contributed by atoms with Crippen molar-refractivity contribution in [1.29, 1.82) is 0 Å². The Bertz CT molecular complexity index is 376. The highest BCUT2D eigenvalue weighted by Gasteiger charge is 2.17. The largest absolute Gasteiger partial charge is 0.395 e. The standard InChI is InChI=1S/C13H19BrN2O/c1-11-10-12(14)2-3-13(11)16-6-4-15(5-7-16)8-9-17/h2-3,10,17H,4-9H2,1H3. The SMILES string of the molecule is Cc1cc(Br)ccc1N1CCN(CCO)CC1. The number of hydrogen-bond acceptors (Lipinski definition) is 3. The van der Waals surface area contributed by atoms with Crippen LogP contribution in [0.1, 0.15) is 5.56 Å². The van der Waals surface area contributed by atoms with Gasteiger partial charge in [-0.2, -0.15) is 0 Å². The Labute approximate surface area is 111 Å². The molecule has 0 saturated carbocycles. The second-order valence-electron chi connectivity index (χ2n) is 4.48. The summed E-state index contributed by atoms with van der Waals surface area (Å²) < 4.78 is 1.14. The number of anilines is 1. The van der Waals surface area contributed by atoms with Gasteiger partial charge in [-0.1, -0.05) is 15.9 Å². The molecule has 0 atom stereocenters. The number of β-amino-alcohol motifs (C(OH)–C–C–N with tert-alkyl or cyclic N) is 1. The van der Waals surface area contributed by atoms with Crippen molar-refractivity contribution >= 4 is 21.6 Å². The van der Waals surface area contributed by atoms with Crippen molar-refractivity contribution in [3.05, 3.63) is 28.2 Å². The van der Waals surface area contributed by atoms with Crippen LogP contribution in [0.25, 0.3) is 0 Å². The first-order valence-corrected chi connectivity index (χ1v) is 6.84. The van der Waals surface area contributed by atoms with E-state index in [0.717, 1.165) is 37.2 Å². The molecule has 17 heavy (non-hydrogen) atoms. The summed E-state index contributed by atoms with van der Waals surface area (Å²) in [6, 6.07) is 6.44. The van der Waals surface area contributed by atoms with Gasteiger partial charge in [-0.3, -0.25) is 4.90 Å². The number of aliphatic hydroxyl groups excluding tert-OH is 1. The van der Waals surface area contributed by atoms with Crippen LogP contribution in [-0.2, 0) is 0 Å². The molecule has 0 aliphatic carbocycles. The van der Waals surface area contributed by atoms with E-state index in [1.54, 1.807) is 0 Å². The molecule has 1 saturated heterocycles. The molecule has 1 aromatic rings. The summed E-state index contributed by atoms with van der Waals surface area (Å²) in [6.45, 7) is 7.38. The van der Waals surface area contributed by atoms with Gasteiger partial charge in [0.25, 0.3) is 0 Å². The van der Waals surface area contributed by atoms with E-state index < -0.39 is 0 Å². The molecule has 3 nitrogen and oxygen atoms in total. The van der Waals surface area contributed by atoms with Gasteiger partial charge in [0, 0.05) is 42.9 Å². The lowest BCUT2D eigenvalue weighted by Gasteiger charge is -2.36. The van der Waals surface area contributed by atoms with E-state index in [2.05, 4.69) is 50.9 Å². The van der Waals surface area contributed by atoms with Crippen molar-refractivity contribution in [2.45, 2.75) is 6.92 Å². The second-order valence-corrected chi connectivity index (χ2v) is 5.40. The zero-order valence-electron chi connectivity index (χ0n) is 10.2. The molecular weight excluding hydrogens is 280 g/mol. The average Bonchev–Trinajstić information content (AvgIpc) is 2.31. The highest BCUT2D eigenvalue weighted by molar-refractivity contribution is 9.10. The predicted octanol–water partition coefficient (Wildman–Crippen LogP) is 1.87. The first-order chi connectivity index (χ1) is 8.20. The van der Waals surface area contributed by atoms with Gasteiger partial charge in [0.2, 0.25) is 0 Å². The summed E-state index contributed by atoms with van der Waals surface area (Å²) in [7, 11) is 0. The summed E-state index contributed by atoms with van der Waals surface area (Å²) in [4.78, 5) is 4.74. The van der Waals surface area contributed by atoms with E-state index in [1.165, 1.54) is 11.3 Å². The Kier molecular flexibility index (Phi) is 4.42. The van der Waals surface area contributed by atoms with Gasteiger partial charge in [0.1, 0.15) is 0 Å². The number of aliphatic hydroxyl groups is 1. The molecule has 1 aliphatic rings. The van der Waals surface area contributed by atoms with Crippen LogP contribution in [-0.4, -0.2) is 49.3 Å². The first-order valence-electron chi connectivity index (χ1n) is 6.05. The molecule has 0 amide bonds. The maximum atomic E-state index is 8.92. The van der Waals surface area contributed by atoms with Gasteiger partial charge in [-0.25, -0.2) is 0 Å². The molecule has 0 bridgehead atoms. The van der Waals surface area contributed by atoms with Crippen molar-refractivity contribution in [3.8, 4) is 0 Å². The molecule has 1 N–H and O–H groups in total. The third kappa shape index (κ3) is 3.21. The minimum Gasteiger partial charge on any atom is -0.395 e. The smallest absolute Gasteiger partial charge is 0.0558 e. The highest BCUT2D eigenvalue weighted by Crippen LogP contribution is 2.24. The minimum atomic E-state index is 0.261. The monoisotopic (exact) mass is 298 g/mol. The first kappa shape index (κ1) is 12.9. The van der Waals surface area contributed by atoms with E-state index in [0.29, 0.717) is 0 Å². The maximum absolute atomic E-state index is 8.92. The lowest BCUT2D eigenvalue weighted by Crippen LogP contribution is -2.47. The molecule has 1 aromatic carbocycles. The van der Waals surface area contributed by atoms with Crippen LogP contribution in [0.3, 0.4) is 0 Å². The molecule has 1 aliphatic heterocycles. The fourth-order valence-electron chi connectivity index (χ4n) is 2.33. The van der Waals surface area contributed by atoms with E-state index >= 15 is 0 Å². The van der Waals surface area contributed by atoms with Crippen LogP contribution >= 0.6 is 15.9 Å². The third-order valence-corrected chi connectivity index (χ3v) is 3.78. The van der Waals surface area contributed by atoms with Crippen LogP contribution in [0.2, 0.25) is 0 Å². The van der Waals surface area contributed by atoms with E-state index in [1.807, 2.05) is 0 Å². The number of rotatable bonds is 3. The van der Waals surface area contributed by atoms with Crippen molar-refractivity contribution in [2.24, 2.45) is 0 Å². The van der Waals surface area contributed by atoms with Crippen molar-refractivity contribution < 1.29 is 5.11 Å². The Morgan fingerprint density at radius 3 is 2.53 bits per heavy atom. The molecule has 0 radical (unpaired) electrons. The van der Waals surface area contributed by atoms with Gasteiger partial charge in [0.05, 0.1) is 6.61 Å². The Morgan fingerprint density at radius 2 is 1.94 bits per heavy atom. The van der Waals surface area contributed by atoms with Gasteiger partial charge >= 0.3 is 0 Å². The minimum absolute atomic E-state index is 0.261. The van der Waals surface area contributed by atoms with E-state index in [-0.39, 0.29) is 6.61 Å². The molecule has 1 heterocycles. The van der Waals surface area contributed by atoms with E-state index in [4.69, 9.17) is 5.11 Å². The number of nitrogens with zero attached hydrogens (tertiary/aromatic N) is 2. The lowest BCUT2D eigenvalue weighted by atomic mass is 10.1. The average molecular weight is 299 g/mol. The number of piperazine rings is 1. The maximum Gasteiger partial charge on any atom is 0.0558 e. The van der Waals surface area contributed by atoms with Crippen molar-refractivity contribution in [2.75, 3.05) is 44.2 Å². The fraction of sp³-hybridized carbons (Fsp3) is 0.538. The second kappa shape index (κ2) is 5.85. The van der Waals surface area contributed by atoms with Crippen LogP contribution < -0.4 is 4.90 Å². The van der Waals surface area contributed by atoms with E-state index in [9.17, 15) is 0 Å². The molecular formula is C13H19BrN2O. The van der Waals surface area contributed by atoms with Crippen molar-refractivity contribution in [3.63, 3.8) is 0 Å². The lowest BCUT2D eigenvalue weighted by molar-refractivity contribution is 0.188. The summed E-state index contributed by atoms with van der Waals surface area (Å²) >= 11 is 3.50. The zero-order valence-corrected chi connectivity index (χ0v) is 11.8. The van der Waals surface area contributed by atoms with Crippen LogP contribution in [0.15, 0.2) is 22.7 Å². The quantitative estimate of drug-likeness (QED) is 0.923. The molecule has 0 aromatic heterocycles. The predicted molar refractivity (Wildman–Crippen MR) is 74.6 cm³/mol. The molecule has 94 valence electrons. The van der Waals surface area contributed by atoms with Gasteiger partial charge in [-0.05, 0) is 30.7 Å². The van der Waals surface area contributed by atoms with Crippen LogP contribution in [0.4, 0.5) is 5.69 Å². The number of benzene rings is 1. The molecule has 0 spiro atoms. The fourth-order valence-corrected chi connectivity index (χ4v) is 2.80. The molecule has 4 heteroatoms. The van der Waals surface area contributed by atoms with Gasteiger partial charge in [0.15, 0.2) is 0 Å². The topological polar surface area (TPSA) is 26.7 Å². The van der Waals surface area contributed by atoms with Crippen molar-refractivity contribution in [1.82, 2.24) is 4.90 Å². The molecule has 2 rings (SSSR count). The zero-order chi connectivity index (χ0) is 12.3. The van der Waals surface area contributed by atoms with Crippen LogP contribution in [0, 0.1) is 6.92 Å². The Hall–Kier alpha value is -0.580. The third-order valence-electron chi connectivity index (χ3n) is 3.29. The summed E-state index contributed by atoms with van der Waals surface area (Å²) in [5.74, 6) is 0. The number of hydrogen-bond donors (Lipinski definition) is 1. The summed E-state index contributed by atoms with van der Waals surface area (Å²) in [6.07, 6.45) is 0. The number of halogens is 1. The Balaban J connectivity index is 2.00. The Morgan fingerprint density at radius 1 is 1.24 bits per heavy atom. The molecule has 0 unspecified atom stereocenters. The summed E-state index contributed by atoms with van der Waals surface area (Å²) in [5.41, 5.74) is 2.65. The summed E-state index contributed by atoms with van der Waals surface area (Å²) in [5, 5.41) is 8.92. The normalized spacial score (nSPS) is 17.5. The van der Waals surface area contributed by atoms with Gasteiger partial charge < -0.3 is 10.0 Å².